The third-order valence-corrected chi connectivity index (χ3v) is 5.21. The maximum atomic E-state index is 13.0. The first-order valence-electron chi connectivity index (χ1n) is 9.80. The zero-order valence-corrected chi connectivity index (χ0v) is 16.8. The number of hydrogen-bond acceptors (Lipinski definition) is 6. The maximum absolute atomic E-state index is 13.0. The standard InChI is InChI=1S/C21H21F3N4O3/c1-30-17-11-13(3-5-28-6-8-31-9-7-28)10-15-18(17)26-19(27-20(15)29)16-12-14(2-4-25-16)21(22,23)24/h2,4,10-12H,3,5-9H2,1H3,(H,26,27,29). The van der Waals surface area contributed by atoms with Crippen molar-refractivity contribution < 1.29 is 22.6 Å². The largest absolute Gasteiger partial charge is 0.494 e. The van der Waals surface area contributed by atoms with Crippen molar-refractivity contribution in [2.75, 3.05) is 40.0 Å². The van der Waals surface area contributed by atoms with Gasteiger partial charge in [0.2, 0.25) is 0 Å². The molecule has 4 rings (SSSR count). The molecule has 0 spiro atoms. The lowest BCUT2D eigenvalue weighted by atomic mass is 10.1. The fraction of sp³-hybridized carbons (Fsp3) is 0.381. The van der Waals surface area contributed by atoms with Gasteiger partial charge < -0.3 is 14.5 Å². The molecular weight excluding hydrogens is 413 g/mol. The minimum atomic E-state index is -4.53. The van der Waals surface area contributed by atoms with Crippen LogP contribution in [0.3, 0.4) is 0 Å². The fourth-order valence-corrected chi connectivity index (χ4v) is 3.54. The van der Waals surface area contributed by atoms with Gasteiger partial charge in [-0.1, -0.05) is 0 Å². The number of hydrogen-bond donors (Lipinski definition) is 1. The SMILES string of the molecule is COc1cc(CCN2CCOCC2)cc2c(=O)[nH]c(-c3cc(C(F)(F)F)ccn3)nc12. The predicted octanol–water partition coefficient (Wildman–Crippen LogP) is 2.89. The molecule has 31 heavy (non-hydrogen) atoms. The number of halogens is 3. The van der Waals surface area contributed by atoms with E-state index >= 15 is 0 Å². The molecule has 10 heteroatoms. The lowest BCUT2D eigenvalue weighted by Crippen LogP contribution is -2.37. The minimum Gasteiger partial charge on any atom is -0.494 e. The molecule has 1 aliphatic rings. The molecular formula is C21H21F3N4O3. The van der Waals surface area contributed by atoms with Gasteiger partial charge in [0, 0.05) is 25.8 Å². The number of nitrogens with one attached hydrogen (secondary N) is 1. The van der Waals surface area contributed by atoms with Crippen molar-refractivity contribution in [3.63, 3.8) is 0 Å². The van der Waals surface area contributed by atoms with Crippen molar-refractivity contribution in [1.29, 1.82) is 0 Å². The van der Waals surface area contributed by atoms with E-state index in [-0.39, 0.29) is 17.0 Å². The lowest BCUT2D eigenvalue weighted by molar-refractivity contribution is -0.137. The Kier molecular flexibility index (Phi) is 5.92. The van der Waals surface area contributed by atoms with Gasteiger partial charge in [0.1, 0.15) is 17.0 Å². The van der Waals surface area contributed by atoms with Gasteiger partial charge >= 0.3 is 6.18 Å². The van der Waals surface area contributed by atoms with Crippen LogP contribution in [0.1, 0.15) is 11.1 Å². The van der Waals surface area contributed by atoms with Crippen molar-refractivity contribution in [3.05, 3.63) is 51.9 Å². The van der Waals surface area contributed by atoms with Gasteiger partial charge in [0.25, 0.3) is 5.56 Å². The van der Waals surface area contributed by atoms with Gasteiger partial charge in [-0.25, -0.2) is 4.98 Å². The van der Waals surface area contributed by atoms with Crippen LogP contribution in [0.25, 0.3) is 22.4 Å². The van der Waals surface area contributed by atoms with E-state index < -0.39 is 17.3 Å². The molecule has 3 aromatic rings. The Hall–Kier alpha value is -2.98. The molecule has 0 unspecified atom stereocenters. The highest BCUT2D eigenvalue weighted by atomic mass is 19.4. The van der Waals surface area contributed by atoms with E-state index in [0.717, 1.165) is 43.5 Å². The summed E-state index contributed by atoms with van der Waals surface area (Å²) in [5.74, 6) is 0.330. The van der Waals surface area contributed by atoms with Gasteiger partial charge in [-0.3, -0.25) is 14.7 Å². The van der Waals surface area contributed by atoms with E-state index in [2.05, 4.69) is 19.9 Å². The first kappa shape index (κ1) is 21.3. The van der Waals surface area contributed by atoms with E-state index in [1.807, 2.05) is 0 Å². The molecule has 1 aliphatic heterocycles. The summed E-state index contributed by atoms with van der Waals surface area (Å²) in [5.41, 5.74) is -0.229. The van der Waals surface area contributed by atoms with E-state index in [0.29, 0.717) is 30.8 Å². The van der Waals surface area contributed by atoms with E-state index in [1.165, 1.54) is 7.11 Å². The summed E-state index contributed by atoms with van der Waals surface area (Å²) < 4.78 is 49.9. The second-order valence-corrected chi connectivity index (χ2v) is 7.24. The molecule has 1 aromatic carbocycles. The summed E-state index contributed by atoms with van der Waals surface area (Å²) in [6.07, 6.45) is -2.78. The zero-order chi connectivity index (χ0) is 22.0. The second-order valence-electron chi connectivity index (χ2n) is 7.24. The first-order chi connectivity index (χ1) is 14.8. The number of morpholine rings is 1. The third-order valence-electron chi connectivity index (χ3n) is 5.21. The quantitative estimate of drug-likeness (QED) is 0.665. The number of fused-ring (bicyclic) bond motifs is 1. The van der Waals surface area contributed by atoms with Gasteiger partial charge in [0.05, 0.1) is 31.3 Å². The Labute approximate surface area is 175 Å². The number of aromatic amines is 1. The van der Waals surface area contributed by atoms with Crippen molar-refractivity contribution in [3.8, 4) is 17.3 Å². The van der Waals surface area contributed by atoms with Crippen LogP contribution < -0.4 is 10.3 Å². The van der Waals surface area contributed by atoms with E-state index in [9.17, 15) is 18.0 Å². The van der Waals surface area contributed by atoms with Crippen molar-refractivity contribution in [2.45, 2.75) is 12.6 Å². The van der Waals surface area contributed by atoms with E-state index in [4.69, 9.17) is 9.47 Å². The smallest absolute Gasteiger partial charge is 0.416 e. The number of ether oxygens (including phenoxy) is 2. The van der Waals surface area contributed by atoms with E-state index in [1.54, 1.807) is 12.1 Å². The van der Waals surface area contributed by atoms with Gasteiger partial charge in [-0.15, -0.1) is 0 Å². The number of methoxy groups -OCH3 is 1. The van der Waals surface area contributed by atoms with Crippen LogP contribution >= 0.6 is 0 Å². The lowest BCUT2D eigenvalue weighted by Gasteiger charge is -2.26. The summed E-state index contributed by atoms with van der Waals surface area (Å²) in [6.45, 7) is 3.95. The zero-order valence-electron chi connectivity index (χ0n) is 16.8. The van der Waals surface area contributed by atoms with Crippen molar-refractivity contribution in [1.82, 2.24) is 19.9 Å². The highest BCUT2D eigenvalue weighted by molar-refractivity contribution is 5.85. The third kappa shape index (κ3) is 4.70. The number of rotatable bonds is 5. The molecule has 3 heterocycles. The predicted molar refractivity (Wildman–Crippen MR) is 108 cm³/mol. The molecule has 1 saturated heterocycles. The summed E-state index contributed by atoms with van der Waals surface area (Å²) in [7, 11) is 1.46. The van der Waals surface area contributed by atoms with Gasteiger partial charge in [0.15, 0.2) is 5.82 Å². The molecule has 1 fully saturated rings. The van der Waals surface area contributed by atoms with Crippen LogP contribution in [0, 0.1) is 0 Å². The number of aromatic nitrogens is 3. The highest BCUT2D eigenvalue weighted by Gasteiger charge is 2.31. The molecule has 2 aromatic heterocycles. The molecule has 0 amide bonds. The van der Waals surface area contributed by atoms with Crippen molar-refractivity contribution in [2.24, 2.45) is 0 Å². The van der Waals surface area contributed by atoms with Gasteiger partial charge in [-0.05, 0) is 36.2 Å². The average Bonchev–Trinajstić information content (AvgIpc) is 2.77. The number of pyridine rings is 1. The molecule has 1 N–H and O–H groups in total. The Balaban J connectivity index is 1.69. The second kappa shape index (κ2) is 8.64. The van der Waals surface area contributed by atoms with Crippen LogP contribution in [0.2, 0.25) is 0 Å². The van der Waals surface area contributed by atoms with Crippen LogP contribution in [0.4, 0.5) is 13.2 Å². The molecule has 0 saturated carbocycles. The summed E-state index contributed by atoms with van der Waals surface area (Å²) in [5, 5.41) is 0.312. The number of H-pyrrole nitrogens is 1. The van der Waals surface area contributed by atoms with Crippen molar-refractivity contribution >= 4 is 10.9 Å². The Bertz CT molecular complexity index is 1140. The Morgan fingerprint density at radius 2 is 2.00 bits per heavy atom. The number of nitrogens with zero attached hydrogens (tertiary/aromatic N) is 3. The normalized spacial score (nSPS) is 15.4. The molecule has 0 bridgehead atoms. The van der Waals surface area contributed by atoms with Crippen LogP contribution in [0.15, 0.2) is 35.3 Å². The summed E-state index contributed by atoms with van der Waals surface area (Å²) >= 11 is 0. The maximum Gasteiger partial charge on any atom is 0.416 e. The molecule has 0 radical (unpaired) electrons. The fourth-order valence-electron chi connectivity index (χ4n) is 3.54. The topological polar surface area (TPSA) is 80.3 Å². The Morgan fingerprint density at radius 3 is 2.71 bits per heavy atom. The van der Waals surface area contributed by atoms with Gasteiger partial charge in [-0.2, -0.15) is 13.2 Å². The summed E-state index contributed by atoms with van der Waals surface area (Å²) in [4.78, 5) is 25.9. The van der Waals surface area contributed by atoms with Crippen LogP contribution in [0.5, 0.6) is 5.75 Å². The minimum absolute atomic E-state index is 0.0528. The van der Waals surface area contributed by atoms with Crippen LogP contribution in [-0.2, 0) is 17.3 Å². The summed E-state index contributed by atoms with van der Waals surface area (Å²) in [6, 6.07) is 5.27. The number of alkyl halides is 3. The average molecular weight is 434 g/mol. The molecule has 0 aliphatic carbocycles. The molecule has 164 valence electrons. The molecule has 0 atom stereocenters. The first-order valence-corrected chi connectivity index (χ1v) is 9.80. The monoisotopic (exact) mass is 434 g/mol. The Morgan fingerprint density at radius 1 is 1.23 bits per heavy atom. The van der Waals surface area contributed by atoms with Crippen LogP contribution in [-0.4, -0.2) is 59.8 Å². The molecule has 7 nitrogen and oxygen atoms in total. The highest BCUT2D eigenvalue weighted by Crippen LogP contribution is 2.31. The number of benzene rings is 1.